The van der Waals surface area contributed by atoms with Crippen molar-refractivity contribution >= 4 is 18.4 Å². The Bertz CT molecular complexity index is 690. The zero-order valence-electron chi connectivity index (χ0n) is 16.0. The summed E-state index contributed by atoms with van der Waals surface area (Å²) in [4.78, 5) is 0. The van der Waals surface area contributed by atoms with Gasteiger partial charge in [0.05, 0.1) is 0 Å². The molecule has 0 radical (unpaired) electrons. The van der Waals surface area contributed by atoms with E-state index in [1.807, 2.05) is 0 Å². The van der Waals surface area contributed by atoms with E-state index in [0.717, 1.165) is 6.42 Å². The van der Waals surface area contributed by atoms with Gasteiger partial charge in [-0.2, -0.15) is 11.6 Å². The molecule has 3 rings (SSSR count). The molecule has 0 fully saturated rings. The Balaban J connectivity index is 0. The first-order chi connectivity index (χ1) is 11.2. The molecular weight excluding hydrogens is 447 g/mol. The van der Waals surface area contributed by atoms with Crippen LogP contribution in [0.3, 0.4) is 0 Å². The second-order valence-electron chi connectivity index (χ2n) is 6.58. The van der Waals surface area contributed by atoms with Gasteiger partial charge in [-0.25, -0.2) is 5.20 Å². The van der Waals surface area contributed by atoms with Gasteiger partial charge in [0.2, 0.25) is 0 Å². The van der Waals surface area contributed by atoms with Crippen LogP contribution < -0.4 is 47.6 Å². The molecule has 1 aliphatic carbocycles. The molecule has 5 heteroatoms. The number of hydrogen-bond donors (Lipinski definition) is 0. The summed E-state index contributed by atoms with van der Waals surface area (Å²) in [7, 11) is -1.97. The smallest absolute Gasteiger partial charge is 1.00 e. The molecule has 0 amide bonds. The van der Waals surface area contributed by atoms with Gasteiger partial charge in [-0.1, -0.05) is 104 Å². The summed E-state index contributed by atoms with van der Waals surface area (Å²) in [6.07, 6.45) is 8.30. The molecule has 1 aliphatic rings. The third kappa shape index (κ3) is 5.85. The topological polar surface area (TPSA) is 0 Å². The van der Waals surface area contributed by atoms with Crippen molar-refractivity contribution in [1.29, 1.82) is 0 Å². The van der Waals surface area contributed by atoms with E-state index in [4.69, 9.17) is 0 Å². The van der Waals surface area contributed by atoms with Crippen molar-refractivity contribution in [3.05, 3.63) is 83.6 Å². The molecule has 0 heterocycles. The van der Waals surface area contributed by atoms with Crippen LogP contribution in [0.2, 0.25) is 6.55 Å². The van der Waals surface area contributed by atoms with Crippen LogP contribution in [0.15, 0.2) is 77.5 Å². The molecule has 2 aromatic carbocycles. The third-order valence-corrected chi connectivity index (χ3v) is 9.68. The summed E-state index contributed by atoms with van der Waals surface area (Å²) in [6, 6.07) is 22.1. The number of benzene rings is 2. The van der Waals surface area contributed by atoms with Gasteiger partial charge in [0.25, 0.3) is 0 Å². The van der Waals surface area contributed by atoms with Crippen molar-refractivity contribution in [3.63, 3.8) is 0 Å². The Kier molecular flexibility index (Phi) is 14.0. The Morgan fingerprint density at radius 1 is 0.889 bits per heavy atom. The first-order valence-corrected chi connectivity index (χ1v) is 11.1. The van der Waals surface area contributed by atoms with E-state index in [1.165, 1.54) is 27.6 Å². The van der Waals surface area contributed by atoms with Crippen molar-refractivity contribution in [3.8, 4) is 0 Å². The minimum absolute atomic E-state index is 0. The normalized spacial score (nSPS) is 13.6. The summed E-state index contributed by atoms with van der Waals surface area (Å²) in [5.74, 6) is 0.610. The van der Waals surface area contributed by atoms with Crippen LogP contribution in [0.5, 0.6) is 0 Å². The van der Waals surface area contributed by atoms with Crippen LogP contribution in [0.25, 0.3) is 0 Å². The van der Waals surface area contributed by atoms with Gasteiger partial charge >= 0.3 is 21.7 Å². The molecule has 0 saturated carbocycles. The van der Waals surface area contributed by atoms with Crippen molar-refractivity contribution in [2.45, 2.75) is 33.2 Å². The Morgan fingerprint density at radius 2 is 1.33 bits per heavy atom. The molecule has 1 unspecified atom stereocenters. The van der Waals surface area contributed by atoms with Gasteiger partial charge in [0, 0.05) is 0 Å². The van der Waals surface area contributed by atoms with Crippen LogP contribution in [0.1, 0.15) is 26.7 Å². The zero-order valence-corrected chi connectivity index (χ0v) is 20.8. The van der Waals surface area contributed by atoms with Gasteiger partial charge in [0.1, 0.15) is 8.07 Å². The van der Waals surface area contributed by atoms with E-state index < -0.39 is 8.07 Å². The molecule has 142 valence electrons. The van der Waals surface area contributed by atoms with Gasteiger partial charge in [-0.3, -0.25) is 6.08 Å². The van der Waals surface area contributed by atoms with E-state index in [9.17, 15) is 0 Å². The van der Waals surface area contributed by atoms with E-state index >= 15 is 0 Å². The Hall–Kier alpha value is -0.279. The van der Waals surface area contributed by atoms with Gasteiger partial charge in [0.15, 0.2) is 0 Å². The standard InChI is InChI=1S/C22H25Si.3ClH.Ti/c1-4-18(2)21-16-11-17-22(21)23(3,19-12-7-5-8-13-19)20-14-9-6-10-15-20;;;;/h5-10,12-16,18H,4,11H2,1-3H3;3*1H;/q-1;;;;+4/p-3. The minimum atomic E-state index is -1.97. The SMILES string of the molecule is CCC(C)C1=CC[C-]=C1[Si](C)(c1ccccc1)c1ccccc1.[Cl-].[Cl-].[Cl-].[Ti+4]. The summed E-state index contributed by atoms with van der Waals surface area (Å²) < 4.78 is 0. The van der Waals surface area contributed by atoms with Crippen LogP contribution >= 0.6 is 0 Å². The van der Waals surface area contributed by atoms with Crippen molar-refractivity contribution < 1.29 is 58.9 Å². The fraction of sp³-hybridized carbons (Fsp3) is 0.273. The second kappa shape index (κ2) is 13.0. The number of halogens is 3. The average Bonchev–Trinajstić information content (AvgIpc) is 3.12. The first-order valence-electron chi connectivity index (χ1n) is 8.60. The summed E-state index contributed by atoms with van der Waals surface area (Å²) in [5, 5.41) is 4.46. The van der Waals surface area contributed by atoms with Gasteiger partial charge < -0.3 is 37.2 Å². The molecule has 0 bridgehead atoms. The molecule has 2 aromatic rings. The molecule has 0 nitrogen and oxygen atoms in total. The molecule has 0 aromatic heterocycles. The monoisotopic (exact) mass is 470 g/mol. The summed E-state index contributed by atoms with van der Waals surface area (Å²) in [5.41, 5.74) is 1.54. The summed E-state index contributed by atoms with van der Waals surface area (Å²) >= 11 is 0. The molecule has 1 atom stereocenters. The number of allylic oxidation sites excluding steroid dienone is 4. The van der Waals surface area contributed by atoms with Crippen LogP contribution in [0.4, 0.5) is 0 Å². The van der Waals surface area contributed by atoms with Crippen LogP contribution in [-0.2, 0) is 21.7 Å². The Labute approximate surface area is 199 Å². The van der Waals surface area contributed by atoms with Gasteiger partial charge in [-0.15, -0.1) is 6.42 Å². The van der Waals surface area contributed by atoms with Crippen molar-refractivity contribution in [2.75, 3.05) is 0 Å². The fourth-order valence-electron chi connectivity index (χ4n) is 3.60. The van der Waals surface area contributed by atoms with Gasteiger partial charge in [-0.05, 0) is 0 Å². The quantitative estimate of drug-likeness (QED) is 0.305. The number of hydrogen-bond acceptors (Lipinski definition) is 0. The summed E-state index contributed by atoms with van der Waals surface area (Å²) in [6.45, 7) is 7.12. The fourth-order valence-corrected chi connectivity index (χ4v) is 7.61. The maximum Gasteiger partial charge on any atom is 4.00 e. The molecule has 27 heavy (non-hydrogen) atoms. The van der Waals surface area contributed by atoms with E-state index in [0.29, 0.717) is 5.92 Å². The second-order valence-corrected chi connectivity index (χ2v) is 10.5. The molecular formula is C22H25Cl3SiTi. The van der Waals surface area contributed by atoms with Crippen molar-refractivity contribution in [1.82, 2.24) is 0 Å². The van der Waals surface area contributed by atoms with E-state index in [-0.39, 0.29) is 58.9 Å². The predicted octanol–water partition coefficient (Wildman–Crippen LogP) is -4.47. The molecule has 0 N–H and O–H groups in total. The largest absolute Gasteiger partial charge is 4.00 e. The maximum absolute atomic E-state index is 3.75. The molecule has 0 aliphatic heterocycles. The van der Waals surface area contributed by atoms with E-state index in [1.54, 1.807) is 0 Å². The van der Waals surface area contributed by atoms with Crippen molar-refractivity contribution in [2.24, 2.45) is 5.92 Å². The molecule has 0 spiro atoms. The third-order valence-electron chi connectivity index (χ3n) is 5.24. The Morgan fingerprint density at radius 3 is 1.74 bits per heavy atom. The minimum Gasteiger partial charge on any atom is -1.00 e. The van der Waals surface area contributed by atoms with Crippen LogP contribution in [0, 0.1) is 12.0 Å². The predicted molar refractivity (Wildman–Crippen MR) is 103 cm³/mol. The molecule has 0 saturated heterocycles. The van der Waals surface area contributed by atoms with Crippen LogP contribution in [-0.4, -0.2) is 8.07 Å². The average molecular weight is 472 g/mol. The first kappa shape index (κ1) is 28.9. The van der Waals surface area contributed by atoms with E-state index in [2.05, 4.69) is 93.2 Å². The maximum atomic E-state index is 3.75. The number of rotatable bonds is 5. The zero-order chi connectivity index (χ0) is 16.3.